The molecule has 0 saturated heterocycles. The van der Waals surface area contributed by atoms with E-state index in [1.807, 2.05) is 49.1 Å². The molecule has 5 nitrogen and oxygen atoms in total. The number of ketones is 1. The highest BCUT2D eigenvalue weighted by Gasteiger charge is 2.22. The van der Waals surface area contributed by atoms with Gasteiger partial charge in [0.2, 0.25) is 0 Å². The molecule has 0 unspecified atom stereocenters. The van der Waals surface area contributed by atoms with Crippen molar-refractivity contribution < 1.29 is 4.79 Å². The standard InChI is InChI=1S/C20H24N4OS/c1-23-12-16(15-10-6-7-11-17(15)23)18(25)13-26-20-22-21-19(24(20)2)14-8-4-3-5-9-14/h6-7,10-12,14H,3-5,8-9,13H2,1-2H3. The van der Waals surface area contributed by atoms with Crippen molar-refractivity contribution >= 4 is 28.4 Å². The van der Waals surface area contributed by atoms with Crippen LogP contribution in [0.2, 0.25) is 0 Å². The minimum atomic E-state index is 0.133. The van der Waals surface area contributed by atoms with Gasteiger partial charge in [-0.05, 0) is 18.9 Å². The van der Waals surface area contributed by atoms with Crippen LogP contribution in [-0.2, 0) is 14.1 Å². The van der Waals surface area contributed by atoms with Crippen molar-refractivity contribution in [2.45, 2.75) is 43.2 Å². The van der Waals surface area contributed by atoms with E-state index in [0.717, 1.165) is 27.4 Å². The highest BCUT2D eigenvalue weighted by molar-refractivity contribution is 7.99. The number of rotatable bonds is 5. The lowest BCUT2D eigenvalue weighted by atomic mass is 9.89. The van der Waals surface area contributed by atoms with Crippen molar-refractivity contribution in [1.29, 1.82) is 0 Å². The van der Waals surface area contributed by atoms with Crippen LogP contribution in [0.15, 0.2) is 35.6 Å². The maximum Gasteiger partial charge on any atom is 0.191 e. The number of benzene rings is 1. The van der Waals surface area contributed by atoms with Crippen LogP contribution in [0, 0.1) is 0 Å². The summed E-state index contributed by atoms with van der Waals surface area (Å²) in [6, 6.07) is 8.03. The van der Waals surface area contributed by atoms with Crippen molar-refractivity contribution in [3.63, 3.8) is 0 Å². The van der Waals surface area contributed by atoms with Gasteiger partial charge in [-0.2, -0.15) is 0 Å². The van der Waals surface area contributed by atoms with Gasteiger partial charge in [-0.3, -0.25) is 4.79 Å². The Kier molecular flexibility index (Phi) is 4.85. The second kappa shape index (κ2) is 7.27. The van der Waals surface area contributed by atoms with E-state index >= 15 is 0 Å². The van der Waals surface area contributed by atoms with E-state index in [1.54, 1.807) is 0 Å². The molecule has 0 aliphatic heterocycles. The van der Waals surface area contributed by atoms with Crippen LogP contribution in [0.1, 0.15) is 54.2 Å². The monoisotopic (exact) mass is 368 g/mol. The highest BCUT2D eigenvalue weighted by Crippen LogP contribution is 2.33. The molecule has 3 aromatic rings. The number of aryl methyl sites for hydroxylation is 1. The van der Waals surface area contributed by atoms with Crippen molar-refractivity contribution in [3.8, 4) is 0 Å². The molecule has 6 heteroatoms. The van der Waals surface area contributed by atoms with Gasteiger partial charge in [0.05, 0.1) is 5.75 Å². The minimum Gasteiger partial charge on any atom is -0.350 e. The number of fused-ring (bicyclic) bond motifs is 1. The van der Waals surface area contributed by atoms with Gasteiger partial charge in [0.25, 0.3) is 0 Å². The molecule has 0 spiro atoms. The molecule has 0 amide bonds. The average molecular weight is 369 g/mol. The Bertz CT molecular complexity index is 937. The van der Waals surface area contributed by atoms with Crippen LogP contribution in [0.5, 0.6) is 0 Å². The maximum atomic E-state index is 12.8. The molecule has 0 N–H and O–H groups in total. The second-order valence-corrected chi connectivity index (χ2v) is 8.06. The van der Waals surface area contributed by atoms with E-state index in [9.17, 15) is 4.79 Å². The molecule has 1 aromatic carbocycles. The molecule has 0 atom stereocenters. The SMILES string of the molecule is Cn1c(SCC(=O)c2cn(C)c3ccccc23)nnc1C1CCCCC1. The summed E-state index contributed by atoms with van der Waals surface area (Å²) >= 11 is 1.48. The molecular formula is C20H24N4OS. The smallest absolute Gasteiger partial charge is 0.191 e. The fourth-order valence-corrected chi connectivity index (χ4v) is 4.74. The van der Waals surface area contributed by atoms with Gasteiger partial charge in [0.15, 0.2) is 10.9 Å². The molecule has 1 aliphatic rings. The number of carbonyl (C=O) groups is 1. The molecule has 1 saturated carbocycles. The number of nitrogens with zero attached hydrogens (tertiary/aromatic N) is 4. The molecular weight excluding hydrogens is 344 g/mol. The van der Waals surface area contributed by atoms with E-state index in [0.29, 0.717) is 11.7 Å². The van der Waals surface area contributed by atoms with Gasteiger partial charge >= 0.3 is 0 Å². The third kappa shape index (κ3) is 3.18. The minimum absolute atomic E-state index is 0.133. The van der Waals surface area contributed by atoms with Crippen LogP contribution in [0.4, 0.5) is 0 Å². The zero-order valence-corrected chi connectivity index (χ0v) is 16.1. The van der Waals surface area contributed by atoms with Crippen molar-refractivity contribution in [3.05, 3.63) is 41.9 Å². The highest BCUT2D eigenvalue weighted by atomic mass is 32.2. The van der Waals surface area contributed by atoms with Crippen LogP contribution in [0.3, 0.4) is 0 Å². The molecule has 0 radical (unpaired) electrons. The van der Waals surface area contributed by atoms with E-state index in [-0.39, 0.29) is 5.78 Å². The zero-order chi connectivity index (χ0) is 18.1. The lowest BCUT2D eigenvalue weighted by Crippen LogP contribution is -2.11. The number of aromatic nitrogens is 4. The fraction of sp³-hybridized carbons (Fsp3) is 0.450. The molecule has 136 valence electrons. The maximum absolute atomic E-state index is 12.8. The Labute approximate surface area is 157 Å². The van der Waals surface area contributed by atoms with Crippen LogP contribution in [-0.4, -0.2) is 30.9 Å². The van der Waals surface area contributed by atoms with Crippen LogP contribution in [0.25, 0.3) is 10.9 Å². The van der Waals surface area contributed by atoms with Gasteiger partial charge in [0.1, 0.15) is 5.82 Å². The van der Waals surface area contributed by atoms with Crippen LogP contribution >= 0.6 is 11.8 Å². The number of Topliss-reactive ketones (excluding diaryl/α,β-unsaturated/α-hetero) is 1. The van der Waals surface area contributed by atoms with Crippen molar-refractivity contribution in [2.75, 3.05) is 5.75 Å². The number of hydrogen-bond donors (Lipinski definition) is 0. The number of carbonyl (C=O) groups excluding carboxylic acids is 1. The van der Waals surface area contributed by atoms with E-state index < -0.39 is 0 Å². The quantitative estimate of drug-likeness (QED) is 0.497. The first kappa shape index (κ1) is 17.3. The first-order chi connectivity index (χ1) is 12.6. The lowest BCUT2D eigenvalue weighted by Gasteiger charge is -2.20. The topological polar surface area (TPSA) is 52.7 Å². The van der Waals surface area contributed by atoms with Gasteiger partial charge in [-0.15, -0.1) is 10.2 Å². The Morgan fingerprint density at radius 3 is 2.73 bits per heavy atom. The summed E-state index contributed by atoms with van der Waals surface area (Å²) in [6.45, 7) is 0. The average Bonchev–Trinajstić information content (AvgIpc) is 3.21. The Morgan fingerprint density at radius 2 is 1.92 bits per heavy atom. The predicted molar refractivity (Wildman–Crippen MR) is 105 cm³/mol. The summed E-state index contributed by atoms with van der Waals surface area (Å²) in [5, 5.41) is 10.6. The summed E-state index contributed by atoms with van der Waals surface area (Å²) in [7, 11) is 4.00. The normalized spacial score (nSPS) is 15.6. The summed E-state index contributed by atoms with van der Waals surface area (Å²) in [4.78, 5) is 12.8. The summed E-state index contributed by atoms with van der Waals surface area (Å²) in [5.74, 6) is 2.10. The Balaban J connectivity index is 1.48. The molecule has 26 heavy (non-hydrogen) atoms. The molecule has 1 aliphatic carbocycles. The third-order valence-corrected chi connectivity index (χ3v) is 6.39. The molecule has 0 bridgehead atoms. The van der Waals surface area contributed by atoms with Gasteiger partial charge in [-0.1, -0.05) is 49.2 Å². The summed E-state index contributed by atoms with van der Waals surface area (Å²) < 4.78 is 4.09. The Morgan fingerprint density at radius 1 is 1.15 bits per heavy atom. The van der Waals surface area contributed by atoms with Gasteiger partial charge in [0, 0.05) is 42.7 Å². The molecule has 2 heterocycles. The van der Waals surface area contributed by atoms with Crippen molar-refractivity contribution in [1.82, 2.24) is 19.3 Å². The first-order valence-electron chi connectivity index (χ1n) is 9.24. The lowest BCUT2D eigenvalue weighted by molar-refractivity contribution is 0.102. The third-order valence-electron chi connectivity index (χ3n) is 5.37. The Hall–Kier alpha value is -2.08. The number of hydrogen-bond acceptors (Lipinski definition) is 4. The van der Waals surface area contributed by atoms with Crippen LogP contribution < -0.4 is 0 Å². The first-order valence-corrected chi connectivity index (χ1v) is 10.2. The molecule has 4 rings (SSSR count). The van der Waals surface area contributed by atoms with Crippen molar-refractivity contribution in [2.24, 2.45) is 14.1 Å². The van der Waals surface area contributed by atoms with Gasteiger partial charge in [-0.25, -0.2) is 0 Å². The summed E-state index contributed by atoms with van der Waals surface area (Å²) in [5.41, 5.74) is 1.87. The predicted octanol–water partition coefficient (Wildman–Crippen LogP) is 4.33. The van der Waals surface area contributed by atoms with Gasteiger partial charge < -0.3 is 9.13 Å². The largest absolute Gasteiger partial charge is 0.350 e. The van der Waals surface area contributed by atoms with E-state index in [1.165, 1.54) is 43.9 Å². The molecule has 2 aromatic heterocycles. The molecule has 1 fully saturated rings. The zero-order valence-electron chi connectivity index (χ0n) is 15.3. The van der Waals surface area contributed by atoms with E-state index in [2.05, 4.69) is 14.8 Å². The second-order valence-electron chi connectivity index (χ2n) is 7.12. The number of thioether (sulfide) groups is 1. The fourth-order valence-electron chi connectivity index (χ4n) is 3.94. The number of para-hydroxylation sites is 1. The summed E-state index contributed by atoms with van der Waals surface area (Å²) in [6.07, 6.45) is 8.21. The van der Waals surface area contributed by atoms with E-state index in [4.69, 9.17) is 0 Å².